The first kappa shape index (κ1) is 20.6. The minimum Gasteiger partial charge on any atom is -0.393 e. The summed E-state index contributed by atoms with van der Waals surface area (Å²) in [6, 6.07) is 0. The molecule has 4 aliphatic rings. The zero-order valence-electron chi connectivity index (χ0n) is 18.7. The fourth-order valence-corrected chi connectivity index (χ4v) is 8.49. The van der Waals surface area contributed by atoms with Crippen molar-refractivity contribution in [3.05, 3.63) is 11.6 Å². The Morgan fingerprint density at radius 1 is 1.18 bits per heavy atom. The summed E-state index contributed by atoms with van der Waals surface area (Å²) in [4.78, 5) is 11.3. The zero-order valence-corrected chi connectivity index (χ0v) is 18.7. The summed E-state index contributed by atoms with van der Waals surface area (Å²) in [5.41, 5.74) is 2.45. The van der Waals surface area contributed by atoms with E-state index in [1.54, 1.807) is 12.5 Å². The molecule has 0 aromatic heterocycles. The van der Waals surface area contributed by atoms with Gasteiger partial charge in [0.05, 0.1) is 6.10 Å². The Hall–Kier alpha value is -0.630. The molecule has 8 atom stereocenters. The van der Waals surface area contributed by atoms with Crippen molar-refractivity contribution in [3.8, 4) is 0 Å². The fourth-order valence-electron chi connectivity index (χ4n) is 8.49. The summed E-state index contributed by atoms with van der Waals surface area (Å²) in [5, 5.41) is 10.2. The third kappa shape index (κ3) is 3.32. The van der Waals surface area contributed by atoms with Gasteiger partial charge in [0.2, 0.25) is 0 Å². The van der Waals surface area contributed by atoms with Gasteiger partial charge in [0.1, 0.15) is 5.78 Å². The topological polar surface area (TPSA) is 37.3 Å². The first-order valence-electron chi connectivity index (χ1n) is 12.1. The highest BCUT2D eigenvalue weighted by Gasteiger charge is 2.59. The van der Waals surface area contributed by atoms with Crippen LogP contribution in [0.2, 0.25) is 0 Å². The van der Waals surface area contributed by atoms with Gasteiger partial charge in [-0.1, -0.05) is 38.8 Å². The zero-order chi connectivity index (χ0) is 20.1. The number of fused-ring (bicyclic) bond motifs is 5. The number of Topliss-reactive ketones (excluding diaryl/α,β-unsaturated/α-hetero) is 1. The summed E-state index contributed by atoms with van der Waals surface area (Å²) in [5.74, 6) is 4.52. The maximum Gasteiger partial charge on any atom is 0.129 e. The average Bonchev–Trinajstić information content (AvgIpc) is 2.99. The van der Waals surface area contributed by atoms with Crippen molar-refractivity contribution in [1.29, 1.82) is 0 Å². The van der Waals surface area contributed by atoms with E-state index in [0.717, 1.165) is 55.3 Å². The molecule has 0 heterocycles. The molecule has 3 saturated carbocycles. The Labute approximate surface area is 172 Å². The highest BCUT2D eigenvalue weighted by molar-refractivity contribution is 5.75. The van der Waals surface area contributed by atoms with Gasteiger partial charge in [-0.05, 0) is 105 Å². The summed E-state index contributed by atoms with van der Waals surface area (Å²) >= 11 is 0. The van der Waals surface area contributed by atoms with Crippen LogP contribution in [0.5, 0.6) is 0 Å². The summed E-state index contributed by atoms with van der Waals surface area (Å²) in [6.45, 7) is 9.35. The van der Waals surface area contributed by atoms with Crippen LogP contribution in [0.25, 0.3) is 0 Å². The van der Waals surface area contributed by atoms with E-state index in [-0.39, 0.29) is 6.10 Å². The number of carbonyl (C=O) groups is 1. The Morgan fingerprint density at radius 3 is 2.71 bits per heavy atom. The van der Waals surface area contributed by atoms with Crippen LogP contribution in [0, 0.1) is 40.4 Å². The number of hydrogen-bond donors (Lipinski definition) is 1. The summed E-state index contributed by atoms with van der Waals surface area (Å²) < 4.78 is 0. The van der Waals surface area contributed by atoms with E-state index in [9.17, 15) is 9.90 Å². The second-order valence-corrected chi connectivity index (χ2v) is 11.5. The van der Waals surface area contributed by atoms with Gasteiger partial charge in [-0.3, -0.25) is 0 Å². The van der Waals surface area contributed by atoms with E-state index < -0.39 is 0 Å². The predicted octanol–water partition coefficient (Wildman–Crippen LogP) is 6.32. The van der Waals surface area contributed by atoms with Crippen LogP contribution < -0.4 is 0 Å². The maximum absolute atomic E-state index is 11.3. The van der Waals surface area contributed by atoms with Gasteiger partial charge in [0, 0.05) is 6.42 Å². The normalized spacial score (nSPS) is 46.2. The first-order valence-corrected chi connectivity index (χ1v) is 12.1. The molecule has 0 saturated heterocycles. The van der Waals surface area contributed by atoms with E-state index in [4.69, 9.17) is 0 Å². The minimum absolute atomic E-state index is 0.101. The number of hydrogen-bond acceptors (Lipinski definition) is 2. The van der Waals surface area contributed by atoms with Crippen LogP contribution in [-0.4, -0.2) is 17.0 Å². The van der Waals surface area contributed by atoms with Crippen molar-refractivity contribution in [3.63, 3.8) is 0 Å². The summed E-state index contributed by atoms with van der Waals surface area (Å²) in [7, 11) is 0. The Bertz CT molecular complexity index is 636. The Kier molecular flexibility index (Phi) is 5.57. The smallest absolute Gasteiger partial charge is 0.129 e. The monoisotopic (exact) mass is 386 g/mol. The molecule has 2 nitrogen and oxygen atoms in total. The highest BCUT2D eigenvalue weighted by atomic mass is 16.3. The molecule has 1 N–H and O–H groups in total. The lowest BCUT2D eigenvalue weighted by atomic mass is 9.47. The molecule has 28 heavy (non-hydrogen) atoms. The minimum atomic E-state index is -0.101. The van der Waals surface area contributed by atoms with Gasteiger partial charge >= 0.3 is 0 Å². The van der Waals surface area contributed by atoms with Gasteiger partial charge in [-0.15, -0.1) is 0 Å². The van der Waals surface area contributed by atoms with E-state index in [0.29, 0.717) is 16.6 Å². The number of ketones is 1. The van der Waals surface area contributed by atoms with Crippen molar-refractivity contribution in [2.75, 3.05) is 0 Å². The van der Waals surface area contributed by atoms with E-state index in [1.807, 2.05) is 0 Å². The maximum atomic E-state index is 11.3. The molecule has 3 fully saturated rings. The van der Waals surface area contributed by atoms with Crippen LogP contribution in [0.3, 0.4) is 0 Å². The molecule has 4 aliphatic carbocycles. The quantitative estimate of drug-likeness (QED) is 0.561. The molecule has 0 amide bonds. The molecule has 0 aliphatic heterocycles. The van der Waals surface area contributed by atoms with Crippen molar-refractivity contribution < 1.29 is 9.90 Å². The molecule has 0 bridgehead atoms. The highest BCUT2D eigenvalue weighted by Crippen LogP contribution is 2.67. The predicted molar refractivity (Wildman–Crippen MR) is 115 cm³/mol. The van der Waals surface area contributed by atoms with Crippen LogP contribution >= 0.6 is 0 Å². The number of aliphatic hydroxyl groups is 1. The molecule has 0 aromatic rings. The van der Waals surface area contributed by atoms with Gasteiger partial charge in [-0.2, -0.15) is 0 Å². The van der Waals surface area contributed by atoms with Crippen molar-refractivity contribution >= 4 is 5.78 Å². The molecular weight excluding hydrogens is 344 g/mol. The van der Waals surface area contributed by atoms with Crippen molar-refractivity contribution in [1.82, 2.24) is 0 Å². The first-order chi connectivity index (χ1) is 13.3. The van der Waals surface area contributed by atoms with Crippen LogP contribution in [0.4, 0.5) is 0 Å². The molecule has 0 unspecified atom stereocenters. The second kappa shape index (κ2) is 7.56. The third-order valence-corrected chi connectivity index (χ3v) is 10.0. The standard InChI is InChI=1S/C26H42O2/c1-17(6-5-7-18(2)27)22-10-11-23-21-9-8-19-16-20(28)12-14-25(19,3)24(21)13-15-26(22,23)4/h8,17,20-24,28H,5-7,9-16H2,1-4H3/t17-,20-,21-,22+,23-,24-,25-,26+/m0/s1. The average molecular weight is 387 g/mol. The molecule has 0 spiro atoms. The summed E-state index contributed by atoms with van der Waals surface area (Å²) in [6.07, 6.45) is 15.5. The number of aliphatic hydroxyl groups excluding tert-OH is 1. The third-order valence-electron chi connectivity index (χ3n) is 10.0. The fraction of sp³-hybridized carbons (Fsp3) is 0.885. The van der Waals surface area contributed by atoms with Gasteiger partial charge in [0.25, 0.3) is 0 Å². The molecule has 2 heteroatoms. The number of carbonyl (C=O) groups excluding carboxylic acids is 1. The molecular formula is C26H42O2. The molecule has 0 radical (unpaired) electrons. The van der Waals surface area contributed by atoms with Gasteiger partial charge < -0.3 is 9.90 Å². The van der Waals surface area contributed by atoms with E-state index in [1.165, 1.54) is 44.9 Å². The van der Waals surface area contributed by atoms with Crippen molar-refractivity contribution in [2.45, 2.75) is 104 Å². The number of rotatable bonds is 5. The lowest BCUT2D eigenvalue weighted by Gasteiger charge is -2.58. The lowest BCUT2D eigenvalue weighted by molar-refractivity contribution is -0.117. The number of allylic oxidation sites excluding steroid dienone is 1. The second-order valence-electron chi connectivity index (χ2n) is 11.5. The van der Waals surface area contributed by atoms with Crippen LogP contribution in [0.15, 0.2) is 11.6 Å². The van der Waals surface area contributed by atoms with Crippen molar-refractivity contribution in [2.24, 2.45) is 40.4 Å². The Morgan fingerprint density at radius 2 is 1.96 bits per heavy atom. The van der Waals surface area contributed by atoms with E-state index in [2.05, 4.69) is 26.8 Å². The van der Waals surface area contributed by atoms with Gasteiger partial charge in [0.15, 0.2) is 0 Å². The molecule has 4 rings (SSSR count). The molecule has 158 valence electrons. The van der Waals surface area contributed by atoms with Gasteiger partial charge in [-0.25, -0.2) is 0 Å². The largest absolute Gasteiger partial charge is 0.393 e. The molecule has 0 aromatic carbocycles. The lowest BCUT2D eigenvalue weighted by Crippen LogP contribution is -2.50. The van der Waals surface area contributed by atoms with E-state index >= 15 is 0 Å². The van der Waals surface area contributed by atoms with Crippen LogP contribution in [0.1, 0.15) is 98.3 Å². The van der Waals surface area contributed by atoms with Crippen LogP contribution in [-0.2, 0) is 4.79 Å². The SMILES string of the molecule is CC(=O)CCC[C@H](C)[C@H]1CC[C@H]2[C@@H]3CC=C4C[C@@H](O)CC[C@]4(C)[C@H]3CC[C@]12C. The Balaban J connectivity index is 1.50.